The van der Waals surface area contributed by atoms with Gasteiger partial charge in [-0.3, -0.25) is 10.00 Å². The van der Waals surface area contributed by atoms with E-state index in [0.29, 0.717) is 6.54 Å². The van der Waals surface area contributed by atoms with E-state index in [9.17, 15) is 5.11 Å². The van der Waals surface area contributed by atoms with Gasteiger partial charge in [0.1, 0.15) is 0 Å². The van der Waals surface area contributed by atoms with Crippen LogP contribution in [0.5, 0.6) is 0 Å². The van der Waals surface area contributed by atoms with Gasteiger partial charge in [-0.1, -0.05) is 30.3 Å². The Morgan fingerprint density at radius 1 is 1.26 bits per heavy atom. The van der Waals surface area contributed by atoms with Gasteiger partial charge in [0.25, 0.3) is 0 Å². The molecule has 2 N–H and O–H groups in total. The lowest BCUT2D eigenvalue weighted by Crippen LogP contribution is -2.35. The Balaban J connectivity index is 2.02. The first kappa shape index (κ1) is 13.8. The van der Waals surface area contributed by atoms with Crippen LogP contribution in [-0.2, 0) is 6.54 Å². The molecule has 19 heavy (non-hydrogen) atoms. The van der Waals surface area contributed by atoms with Crippen molar-refractivity contribution in [3.05, 3.63) is 42.1 Å². The molecule has 0 amide bonds. The summed E-state index contributed by atoms with van der Waals surface area (Å²) in [6.45, 7) is 4.98. The molecule has 0 spiro atoms. The summed E-state index contributed by atoms with van der Waals surface area (Å²) < 4.78 is 0. The molecule has 0 unspecified atom stereocenters. The maximum absolute atomic E-state index is 9.78. The molecule has 1 aromatic heterocycles. The van der Waals surface area contributed by atoms with Crippen molar-refractivity contribution in [3.63, 3.8) is 0 Å². The average Bonchev–Trinajstić information content (AvgIpc) is 2.76. The van der Waals surface area contributed by atoms with Gasteiger partial charge in [-0.2, -0.15) is 5.10 Å². The molecular formula is C15H21N3O. The lowest BCUT2D eigenvalue weighted by atomic mass is 10.1. The van der Waals surface area contributed by atoms with Gasteiger partial charge in [0.2, 0.25) is 0 Å². The fraction of sp³-hybridized carbons (Fsp3) is 0.400. The largest absolute Gasteiger partial charge is 0.389 e. The average molecular weight is 259 g/mol. The predicted molar refractivity (Wildman–Crippen MR) is 76.7 cm³/mol. The van der Waals surface area contributed by atoms with Crippen molar-refractivity contribution in [3.8, 4) is 11.3 Å². The Labute approximate surface area is 114 Å². The second kappa shape index (κ2) is 5.55. The van der Waals surface area contributed by atoms with E-state index in [4.69, 9.17) is 0 Å². The number of aromatic nitrogens is 2. The fourth-order valence-corrected chi connectivity index (χ4v) is 2.21. The zero-order valence-corrected chi connectivity index (χ0v) is 11.7. The molecule has 1 heterocycles. The third kappa shape index (κ3) is 4.19. The summed E-state index contributed by atoms with van der Waals surface area (Å²) in [5, 5.41) is 17.2. The van der Waals surface area contributed by atoms with Crippen LogP contribution in [0.4, 0.5) is 0 Å². The summed E-state index contributed by atoms with van der Waals surface area (Å²) in [4.78, 5) is 2.07. The quantitative estimate of drug-likeness (QED) is 0.866. The maximum Gasteiger partial charge on any atom is 0.0924 e. The number of likely N-dealkylation sites (N-methyl/N-ethyl adjacent to an activating group) is 1. The van der Waals surface area contributed by atoms with Crippen molar-refractivity contribution in [2.75, 3.05) is 13.6 Å². The van der Waals surface area contributed by atoms with Crippen molar-refractivity contribution >= 4 is 0 Å². The van der Waals surface area contributed by atoms with Gasteiger partial charge >= 0.3 is 0 Å². The lowest BCUT2D eigenvalue weighted by Gasteiger charge is -2.24. The molecule has 102 valence electrons. The number of aromatic amines is 1. The van der Waals surface area contributed by atoms with E-state index in [1.54, 1.807) is 0 Å². The van der Waals surface area contributed by atoms with Crippen LogP contribution in [0.1, 0.15) is 19.5 Å². The first-order valence-corrected chi connectivity index (χ1v) is 6.45. The summed E-state index contributed by atoms with van der Waals surface area (Å²) in [5.41, 5.74) is 2.42. The topological polar surface area (TPSA) is 52.2 Å². The van der Waals surface area contributed by atoms with E-state index < -0.39 is 5.60 Å². The number of H-pyrrole nitrogens is 1. The summed E-state index contributed by atoms with van der Waals surface area (Å²) in [5.74, 6) is 0. The van der Waals surface area contributed by atoms with Crippen LogP contribution in [0.15, 0.2) is 36.4 Å². The van der Waals surface area contributed by atoms with Crippen LogP contribution >= 0.6 is 0 Å². The van der Waals surface area contributed by atoms with Gasteiger partial charge < -0.3 is 5.11 Å². The van der Waals surface area contributed by atoms with Crippen LogP contribution in [0, 0.1) is 0 Å². The van der Waals surface area contributed by atoms with Gasteiger partial charge in [-0.15, -0.1) is 0 Å². The Morgan fingerprint density at radius 2 is 1.95 bits per heavy atom. The molecule has 2 aromatic rings. The van der Waals surface area contributed by atoms with Gasteiger partial charge in [0.15, 0.2) is 0 Å². The van der Waals surface area contributed by atoms with Gasteiger partial charge in [0.05, 0.1) is 11.3 Å². The van der Waals surface area contributed by atoms with Crippen LogP contribution in [0.2, 0.25) is 0 Å². The number of nitrogens with one attached hydrogen (secondary N) is 1. The molecule has 4 nitrogen and oxygen atoms in total. The zero-order valence-electron chi connectivity index (χ0n) is 11.7. The first-order chi connectivity index (χ1) is 8.94. The molecule has 0 aliphatic carbocycles. The van der Waals surface area contributed by atoms with E-state index in [1.807, 2.05) is 51.2 Å². The minimum absolute atomic E-state index is 0.618. The molecule has 1 aromatic carbocycles. The smallest absolute Gasteiger partial charge is 0.0924 e. The van der Waals surface area contributed by atoms with Crippen LogP contribution in [-0.4, -0.2) is 39.4 Å². The minimum atomic E-state index is -0.684. The number of hydrogen-bond acceptors (Lipinski definition) is 3. The van der Waals surface area contributed by atoms with Crippen LogP contribution in [0.25, 0.3) is 11.3 Å². The van der Waals surface area contributed by atoms with E-state index in [1.165, 1.54) is 0 Å². The van der Waals surface area contributed by atoms with Crippen LogP contribution in [0.3, 0.4) is 0 Å². The first-order valence-electron chi connectivity index (χ1n) is 6.45. The maximum atomic E-state index is 9.78. The highest BCUT2D eigenvalue weighted by molar-refractivity contribution is 5.58. The standard InChI is InChI=1S/C15H21N3O/c1-15(2,19)11-18(3)10-13-9-14(17-16-13)12-7-5-4-6-8-12/h4-9,19H,10-11H2,1-3H3,(H,16,17). The van der Waals surface area contributed by atoms with Gasteiger partial charge in [0, 0.05) is 24.3 Å². The van der Waals surface area contributed by atoms with E-state index >= 15 is 0 Å². The summed E-state index contributed by atoms with van der Waals surface area (Å²) >= 11 is 0. The molecule has 0 fully saturated rings. The molecule has 0 saturated carbocycles. The SMILES string of the molecule is CN(Cc1cc(-c2ccccc2)n[nH]1)CC(C)(C)O. The molecule has 4 heteroatoms. The molecule has 2 rings (SSSR count). The molecule has 0 atom stereocenters. The van der Waals surface area contributed by atoms with Crippen molar-refractivity contribution in [1.29, 1.82) is 0 Å². The number of nitrogens with zero attached hydrogens (tertiary/aromatic N) is 2. The molecular weight excluding hydrogens is 238 g/mol. The Kier molecular flexibility index (Phi) is 4.02. The van der Waals surface area contributed by atoms with Crippen molar-refractivity contribution < 1.29 is 5.11 Å². The van der Waals surface area contributed by atoms with E-state index in [0.717, 1.165) is 23.5 Å². The highest BCUT2D eigenvalue weighted by Crippen LogP contribution is 2.17. The number of benzene rings is 1. The third-order valence-electron chi connectivity index (χ3n) is 2.80. The van der Waals surface area contributed by atoms with Gasteiger partial charge in [-0.25, -0.2) is 0 Å². The fourth-order valence-electron chi connectivity index (χ4n) is 2.21. The second-order valence-electron chi connectivity index (χ2n) is 5.63. The van der Waals surface area contributed by atoms with Gasteiger partial charge in [-0.05, 0) is 27.0 Å². The number of rotatable bonds is 5. The summed E-state index contributed by atoms with van der Waals surface area (Å²) in [6.07, 6.45) is 0. The van der Waals surface area contributed by atoms with Crippen molar-refractivity contribution in [1.82, 2.24) is 15.1 Å². The number of aliphatic hydroxyl groups is 1. The zero-order chi connectivity index (χ0) is 13.9. The monoisotopic (exact) mass is 259 g/mol. The summed E-state index contributed by atoms with van der Waals surface area (Å²) in [7, 11) is 1.99. The lowest BCUT2D eigenvalue weighted by molar-refractivity contribution is 0.0421. The second-order valence-corrected chi connectivity index (χ2v) is 5.63. The Morgan fingerprint density at radius 3 is 2.58 bits per heavy atom. The van der Waals surface area contributed by atoms with Crippen molar-refractivity contribution in [2.45, 2.75) is 26.0 Å². The number of hydrogen-bond donors (Lipinski definition) is 2. The highest BCUT2D eigenvalue weighted by atomic mass is 16.3. The molecule has 0 bridgehead atoms. The predicted octanol–water partition coefficient (Wildman–Crippen LogP) is 2.28. The van der Waals surface area contributed by atoms with Crippen LogP contribution < -0.4 is 0 Å². The Hall–Kier alpha value is -1.65. The summed E-state index contributed by atoms with van der Waals surface area (Å²) in [6, 6.07) is 12.1. The van der Waals surface area contributed by atoms with Crippen molar-refractivity contribution in [2.24, 2.45) is 0 Å². The highest BCUT2D eigenvalue weighted by Gasteiger charge is 2.16. The Bertz CT molecular complexity index is 514. The normalized spacial score (nSPS) is 12.1. The minimum Gasteiger partial charge on any atom is -0.389 e. The molecule has 0 radical (unpaired) electrons. The molecule has 0 aliphatic rings. The third-order valence-corrected chi connectivity index (χ3v) is 2.80. The van der Waals surface area contributed by atoms with E-state index in [2.05, 4.69) is 21.2 Å². The molecule has 0 saturated heterocycles. The van der Waals surface area contributed by atoms with E-state index in [-0.39, 0.29) is 0 Å². The molecule has 0 aliphatic heterocycles.